The third-order valence-electron chi connectivity index (χ3n) is 1.48. The largest absolute Gasteiger partial charge is 0.232 e. The minimum Gasteiger partial charge on any atom is -0.232 e. The average Bonchev–Trinajstić information content (AvgIpc) is 2.32. The van der Waals surface area contributed by atoms with E-state index < -0.39 is 0 Å². The van der Waals surface area contributed by atoms with Crippen LogP contribution < -0.4 is 0 Å². The van der Waals surface area contributed by atoms with Gasteiger partial charge in [-0.05, 0) is 22.3 Å². The molecule has 1 heterocycles. The zero-order valence-electron chi connectivity index (χ0n) is 7.28. The summed E-state index contributed by atoms with van der Waals surface area (Å²) in [5, 5.41) is 10.9. The van der Waals surface area contributed by atoms with Gasteiger partial charge < -0.3 is 0 Å². The maximum absolute atomic E-state index is 3.77. The maximum atomic E-state index is 3.77. The highest BCUT2D eigenvalue weighted by molar-refractivity contribution is 4.61. The van der Waals surface area contributed by atoms with E-state index in [2.05, 4.69) is 36.3 Å². The first-order valence-corrected chi connectivity index (χ1v) is 3.79. The predicted octanol–water partition coefficient (Wildman–Crippen LogP) is 1.11. The van der Waals surface area contributed by atoms with Crippen LogP contribution in [-0.4, -0.2) is 20.2 Å². The van der Waals surface area contributed by atoms with Crippen molar-refractivity contribution >= 4 is 0 Å². The Labute approximate surface area is 66.6 Å². The lowest BCUT2D eigenvalue weighted by molar-refractivity contribution is 0.339. The average molecular weight is 154 g/mol. The topological polar surface area (TPSA) is 43.6 Å². The number of nitrogens with zero attached hydrogens (tertiary/aromatic N) is 4. The van der Waals surface area contributed by atoms with Gasteiger partial charge in [-0.25, -0.2) is 4.68 Å². The van der Waals surface area contributed by atoms with E-state index in [1.54, 1.807) is 11.0 Å². The van der Waals surface area contributed by atoms with Crippen molar-refractivity contribution in [2.45, 2.75) is 33.7 Å². The fraction of sp³-hybridized carbons (Fsp3) is 0.857. The van der Waals surface area contributed by atoms with Crippen molar-refractivity contribution in [3.8, 4) is 0 Å². The van der Waals surface area contributed by atoms with E-state index in [4.69, 9.17) is 0 Å². The molecule has 4 heteroatoms. The SMILES string of the molecule is CC(C)(C)CCn1cnnn1. The summed E-state index contributed by atoms with van der Waals surface area (Å²) in [6.07, 6.45) is 2.74. The summed E-state index contributed by atoms with van der Waals surface area (Å²) < 4.78 is 1.76. The quantitative estimate of drug-likeness (QED) is 0.641. The first kappa shape index (κ1) is 8.17. The molecule has 0 unspecified atom stereocenters. The second-order valence-corrected chi connectivity index (χ2v) is 3.88. The van der Waals surface area contributed by atoms with Crippen LogP contribution in [0.4, 0.5) is 0 Å². The highest BCUT2D eigenvalue weighted by Crippen LogP contribution is 2.18. The Morgan fingerprint density at radius 3 is 2.55 bits per heavy atom. The first-order chi connectivity index (χ1) is 5.08. The Kier molecular flexibility index (Phi) is 2.22. The lowest BCUT2D eigenvalue weighted by Gasteiger charge is -2.16. The van der Waals surface area contributed by atoms with Crippen molar-refractivity contribution in [2.24, 2.45) is 5.41 Å². The second kappa shape index (κ2) is 2.98. The van der Waals surface area contributed by atoms with Crippen molar-refractivity contribution in [1.82, 2.24) is 20.2 Å². The van der Waals surface area contributed by atoms with Crippen LogP contribution in [0.25, 0.3) is 0 Å². The summed E-state index contributed by atoms with van der Waals surface area (Å²) in [4.78, 5) is 0. The summed E-state index contributed by atoms with van der Waals surface area (Å²) in [5.41, 5.74) is 0.353. The Morgan fingerprint density at radius 2 is 2.09 bits per heavy atom. The van der Waals surface area contributed by atoms with Gasteiger partial charge >= 0.3 is 0 Å². The summed E-state index contributed by atoms with van der Waals surface area (Å²) in [6, 6.07) is 0. The lowest BCUT2D eigenvalue weighted by Crippen LogP contribution is -2.10. The van der Waals surface area contributed by atoms with E-state index in [0.717, 1.165) is 13.0 Å². The predicted molar refractivity (Wildman–Crippen MR) is 41.9 cm³/mol. The molecule has 0 bridgehead atoms. The van der Waals surface area contributed by atoms with Crippen molar-refractivity contribution < 1.29 is 0 Å². The molecule has 1 rings (SSSR count). The molecule has 11 heavy (non-hydrogen) atoms. The summed E-state index contributed by atoms with van der Waals surface area (Å²) in [7, 11) is 0. The van der Waals surface area contributed by atoms with Gasteiger partial charge in [-0.2, -0.15) is 0 Å². The molecule has 1 aromatic rings. The monoisotopic (exact) mass is 154 g/mol. The number of aryl methyl sites for hydroxylation is 1. The van der Waals surface area contributed by atoms with E-state index >= 15 is 0 Å². The molecule has 0 aliphatic rings. The van der Waals surface area contributed by atoms with Crippen LogP contribution in [0.2, 0.25) is 0 Å². The normalized spacial score (nSPS) is 11.9. The molecule has 62 valence electrons. The molecule has 0 aromatic carbocycles. The van der Waals surface area contributed by atoms with E-state index in [1.165, 1.54) is 0 Å². The van der Waals surface area contributed by atoms with Gasteiger partial charge in [0.25, 0.3) is 0 Å². The van der Waals surface area contributed by atoms with Gasteiger partial charge in [-0.1, -0.05) is 20.8 Å². The maximum Gasteiger partial charge on any atom is 0.138 e. The van der Waals surface area contributed by atoms with Gasteiger partial charge in [-0.3, -0.25) is 0 Å². The number of hydrogen-bond acceptors (Lipinski definition) is 3. The molecule has 0 atom stereocenters. The van der Waals surface area contributed by atoms with E-state index in [1.807, 2.05) is 0 Å². The smallest absolute Gasteiger partial charge is 0.138 e. The third kappa shape index (κ3) is 3.11. The summed E-state index contributed by atoms with van der Waals surface area (Å²) in [6.45, 7) is 7.52. The molecular formula is C7H14N4. The minimum atomic E-state index is 0.353. The molecule has 0 N–H and O–H groups in total. The standard InChI is InChI=1S/C7H14N4/c1-7(2,3)4-5-11-6-8-9-10-11/h6H,4-5H2,1-3H3. The van der Waals surface area contributed by atoms with E-state index in [9.17, 15) is 0 Å². The van der Waals surface area contributed by atoms with Gasteiger partial charge in [0.15, 0.2) is 0 Å². The number of aromatic nitrogens is 4. The molecule has 0 amide bonds. The fourth-order valence-electron chi connectivity index (χ4n) is 0.733. The second-order valence-electron chi connectivity index (χ2n) is 3.88. The fourth-order valence-corrected chi connectivity index (χ4v) is 0.733. The van der Waals surface area contributed by atoms with E-state index in [0.29, 0.717) is 5.41 Å². The molecule has 0 saturated heterocycles. The van der Waals surface area contributed by atoms with Gasteiger partial charge in [0, 0.05) is 6.54 Å². The summed E-state index contributed by atoms with van der Waals surface area (Å²) >= 11 is 0. The van der Waals surface area contributed by atoms with E-state index in [-0.39, 0.29) is 0 Å². The molecule has 4 nitrogen and oxygen atoms in total. The molecule has 1 aromatic heterocycles. The van der Waals surface area contributed by atoms with Crippen LogP contribution in [-0.2, 0) is 6.54 Å². The van der Waals surface area contributed by atoms with Crippen molar-refractivity contribution in [1.29, 1.82) is 0 Å². The van der Waals surface area contributed by atoms with Gasteiger partial charge in [0.1, 0.15) is 6.33 Å². The Morgan fingerprint density at radius 1 is 1.36 bits per heavy atom. The lowest BCUT2D eigenvalue weighted by atomic mass is 9.92. The van der Waals surface area contributed by atoms with Crippen LogP contribution in [0.1, 0.15) is 27.2 Å². The molecule has 0 saturated carbocycles. The highest BCUT2D eigenvalue weighted by Gasteiger charge is 2.09. The minimum absolute atomic E-state index is 0.353. The highest BCUT2D eigenvalue weighted by atomic mass is 15.5. The van der Waals surface area contributed by atoms with Crippen molar-refractivity contribution in [2.75, 3.05) is 0 Å². The number of rotatable bonds is 2. The molecule has 0 radical (unpaired) electrons. The molecule has 0 aliphatic carbocycles. The van der Waals surface area contributed by atoms with Gasteiger partial charge in [0.2, 0.25) is 0 Å². The van der Waals surface area contributed by atoms with Crippen LogP contribution in [0, 0.1) is 5.41 Å². The van der Waals surface area contributed by atoms with Crippen LogP contribution in [0.5, 0.6) is 0 Å². The first-order valence-electron chi connectivity index (χ1n) is 3.79. The number of hydrogen-bond donors (Lipinski definition) is 0. The molecule has 0 fully saturated rings. The molecule has 0 spiro atoms. The zero-order valence-corrected chi connectivity index (χ0v) is 7.28. The Bertz CT molecular complexity index is 197. The van der Waals surface area contributed by atoms with Gasteiger partial charge in [0.05, 0.1) is 0 Å². The van der Waals surface area contributed by atoms with Crippen LogP contribution in [0.15, 0.2) is 6.33 Å². The Hall–Kier alpha value is -0.930. The third-order valence-corrected chi connectivity index (χ3v) is 1.48. The number of tetrazole rings is 1. The molecule has 0 aliphatic heterocycles. The zero-order chi connectivity index (χ0) is 8.32. The van der Waals surface area contributed by atoms with Crippen molar-refractivity contribution in [3.63, 3.8) is 0 Å². The van der Waals surface area contributed by atoms with Crippen LogP contribution in [0.3, 0.4) is 0 Å². The van der Waals surface area contributed by atoms with Gasteiger partial charge in [-0.15, -0.1) is 5.10 Å². The molecular weight excluding hydrogens is 140 g/mol. The Balaban J connectivity index is 2.35. The van der Waals surface area contributed by atoms with Crippen molar-refractivity contribution in [3.05, 3.63) is 6.33 Å². The summed E-state index contributed by atoms with van der Waals surface area (Å²) in [5.74, 6) is 0. The van der Waals surface area contributed by atoms with Crippen LogP contribution >= 0.6 is 0 Å².